The summed E-state index contributed by atoms with van der Waals surface area (Å²) in [7, 11) is 1.43. The van der Waals surface area contributed by atoms with E-state index in [-0.39, 0.29) is 22.8 Å². The van der Waals surface area contributed by atoms with Crippen LogP contribution in [-0.2, 0) is 11.2 Å². The van der Waals surface area contributed by atoms with Crippen molar-refractivity contribution in [2.45, 2.75) is 20.0 Å². The molecule has 3 aromatic rings. The molecule has 3 rings (SSSR count). The van der Waals surface area contributed by atoms with Gasteiger partial charge in [-0.15, -0.1) is 0 Å². The zero-order chi connectivity index (χ0) is 21.3. The predicted octanol–water partition coefficient (Wildman–Crippen LogP) is 4.53. The van der Waals surface area contributed by atoms with Crippen molar-refractivity contribution in [3.63, 3.8) is 0 Å². The molecule has 0 radical (unpaired) electrons. The van der Waals surface area contributed by atoms with E-state index in [0.717, 1.165) is 0 Å². The first-order chi connectivity index (χ1) is 13.7. The Hall–Kier alpha value is -3.13. The van der Waals surface area contributed by atoms with E-state index >= 15 is 0 Å². The van der Waals surface area contributed by atoms with E-state index < -0.39 is 18.5 Å². The fourth-order valence-corrected chi connectivity index (χ4v) is 3.42. The Morgan fingerprint density at radius 1 is 1.21 bits per heavy atom. The number of aliphatic carboxylic acids is 1. The lowest BCUT2D eigenvalue weighted by Crippen LogP contribution is -2.14. The smallest absolute Gasteiger partial charge is 0.387 e. The highest BCUT2D eigenvalue weighted by atomic mass is 35.5. The summed E-state index contributed by atoms with van der Waals surface area (Å²) >= 11 is 6.21. The van der Waals surface area contributed by atoms with Crippen LogP contribution in [0.5, 0.6) is 11.5 Å². The molecule has 0 amide bonds. The number of halogens is 3. The molecule has 1 N–H and O–H groups in total. The van der Waals surface area contributed by atoms with Crippen LogP contribution in [0.4, 0.5) is 8.78 Å². The Kier molecular flexibility index (Phi) is 5.74. The van der Waals surface area contributed by atoms with Crippen molar-refractivity contribution in [1.82, 2.24) is 4.57 Å². The Bertz CT molecular complexity index is 1090. The van der Waals surface area contributed by atoms with Crippen molar-refractivity contribution in [3.8, 4) is 11.5 Å². The number of alkyl halides is 2. The molecule has 0 aliphatic heterocycles. The van der Waals surface area contributed by atoms with E-state index in [1.54, 1.807) is 13.0 Å². The molecule has 1 heterocycles. The number of fused-ring (bicyclic) bond motifs is 1. The van der Waals surface area contributed by atoms with Gasteiger partial charge in [0.15, 0.2) is 0 Å². The Labute approximate surface area is 169 Å². The second-order valence-electron chi connectivity index (χ2n) is 6.18. The molecule has 2 aromatic carbocycles. The molecule has 9 heteroatoms. The maximum atomic E-state index is 13.1. The lowest BCUT2D eigenvalue weighted by Gasteiger charge is -2.10. The summed E-state index contributed by atoms with van der Waals surface area (Å²) in [5, 5.41) is 10.1. The van der Waals surface area contributed by atoms with Crippen molar-refractivity contribution < 1.29 is 33.0 Å². The number of rotatable bonds is 6. The standard InChI is InChI=1S/C20H16ClF2NO5/c1-10-13(8-18(25)26)14-7-17(28-2)15(21)9-16(14)24(10)19(27)11-3-5-12(6-4-11)29-20(22)23/h3-7,9,20H,8H2,1-2H3,(H,25,26). The fraction of sp³-hybridized carbons (Fsp3) is 0.200. The van der Waals surface area contributed by atoms with Crippen LogP contribution in [0.1, 0.15) is 21.6 Å². The number of benzene rings is 2. The number of carbonyl (C=O) groups is 2. The average molecular weight is 424 g/mol. The van der Waals surface area contributed by atoms with Crippen LogP contribution in [0.15, 0.2) is 36.4 Å². The van der Waals surface area contributed by atoms with Crippen LogP contribution in [0.2, 0.25) is 5.02 Å². The summed E-state index contributed by atoms with van der Waals surface area (Å²) in [6.45, 7) is -1.34. The summed E-state index contributed by atoms with van der Waals surface area (Å²) in [5.41, 5.74) is 1.51. The van der Waals surface area contributed by atoms with Crippen LogP contribution in [0.25, 0.3) is 10.9 Å². The molecule has 0 aliphatic rings. The average Bonchev–Trinajstić information content (AvgIpc) is 2.91. The molecule has 0 atom stereocenters. The lowest BCUT2D eigenvalue weighted by atomic mass is 10.1. The van der Waals surface area contributed by atoms with Gasteiger partial charge in [0.1, 0.15) is 11.5 Å². The van der Waals surface area contributed by atoms with Crippen molar-refractivity contribution in [2.24, 2.45) is 0 Å². The van der Waals surface area contributed by atoms with Crippen LogP contribution < -0.4 is 9.47 Å². The normalized spacial score (nSPS) is 11.1. The number of carbonyl (C=O) groups excluding carboxylic acids is 1. The summed E-state index contributed by atoms with van der Waals surface area (Å²) in [6.07, 6.45) is -0.297. The number of aromatic nitrogens is 1. The van der Waals surface area contributed by atoms with E-state index in [1.807, 2.05) is 0 Å². The first-order valence-electron chi connectivity index (χ1n) is 8.41. The van der Waals surface area contributed by atoms with Crippen molar-refractivity contribution in [1.29, 1.82) is 0 Å². The summed E-state index contributed by atoms with van der Waals surface area (Å²) in [6, 6.07) is 8.34. The topological polar surface area (TPSA) is 77.8 Å². The third kappa shape index (κ3) is 4.02. The predicted molar refractivity (Wildman–Crippen MR) is 102 cm³/mol. The third-order valence-electron chi connectivity index (χ3n) is 4.47. The van der Waals surface area contributed by atoms with Crippen LogP contribution in [0, 0.1) is 6.92 Å². The maximum absolute atomic E-state index is 13.1. The summed E-state index contributed by atoms with van der Waals surface area (Å²) in [4.78, 5) is 24.5. The fourth-order valence-electron chi connectivity index (χ4n) is 3.18. The summed E-state index contributed by atoms with van der Waals surface area (Å²) < 4.78 is 35.5. The molecule has 0 spiro atoms. The van der Waals surface area contributed by atoms with Gasteiger partial charge in [-0.05, 0) is 48.9 Å². The number of ether oxygens (including phenoxy) is 2. The highest BCUT2D eigenvalue weighted by Crippen LogP contribution is 2.35. The number of carboxylic acid groups (broad SMARTS) is 1. The van der Waals surface area contributed by atoms with E-state index in [0.29, 0.717) is 27.9 Å². The third-order valence-corrected chi connectivity index (χ3v) is 4.76. The van der Waals surface area contributed by atoms with Crippen molar-refractivity contribution in [3.05, 3.63) is 58.2 Å². The highest BCUT2D eigenvalue weighted by Gasteiger charge is 2.23. The quantitative estimate of drug-likeness (QED) is 0.630. The van der Waals surface area contributed by atoms with E-state index in [4.69, 9.17) is 16.3 Å². The largest absolute Gasteiger partial charge is 0.495 e. The Morgan fingerprint density at radius 3 is 2.41 bits per heavy atom. The molecule has 0 unspecified atom stereocenters. The first-order valence-corrected chi connectivity index (χ1v) is 8.79. The second kappa shape index (κ2) is 8.08. The molecule has 6 nitrogen and oxygen atoms in total. The van der Waals surface area contributed by atoms with E-state index in [1.165, 1.54) is 42.0 Å². The van der Waals surface area contributed by atoms with Crippen molar-refractivity contribution in [2.75, 3.05) is 7.11 Å². The zero-order valence-corrected chi connectivity index (χ0v) is 16.2. The van der Waals surface area contributed by atoms with Gasteiger partial charge < -0.3 is 14.6 Å². The van der Waals surface area contributed by atoms with Crippen LogP contribution in [0.3, 0.4) is 0 Å². The van der Waals surface area contributed by atoms with Gasteiger partial charge >= 0.3 is 12.6 Å². The van der Waals surface area contributed by atoms with Gasteiger partial charge in [0, 0.05) is 16.6 Å². The van der Waals surface area contributed by atoms with Crippen molar-refractivity contribution >= 4 is 34.4 Å². The van der Waals surface area contributed by atoms with E-state index in [9.17, 15) is 23.5 Å². The first kappa shape index (κ1) is 20.6. The number of nitrogens with zero attached hydrogens (tertiary/aromatic N) is 1. The van der Waals surface area contributed by atoms with Gasteiger partial charge in [-0.25, -0.2) is 0 Å². The monoisotopic (exact) mass is 423 g/mol. The Morgan fingerprint density at radius 2 is 1.86 bits per heavy atom. The molecule has 152 valence electrons. The SMILES string of the molecule is COc1cc2c(CC(=O)O)c(C)n(C(=O)c3ccc(OC(F)F)cc3)c2cc1Cl. The molecule has 29 heavy (non-hydrogen) atoms. The number of hydrogen-bond donors (Lipinski definition) is 1. The number of hydrogen-bond acceptors (Lipinski definition) is 4. The second-order valence-corrected chi connectivity index (χ2v) is 6.59. The lowest BCUT2D eigenvalue weighted by molar-refractivity contribution is -0.136. The molecule has 0 fully saturated rings. The van der Waals surface area contributed by atoms with Gasteiger partial charge in [-0.2, -0.15) is 8.78 Å². The summed E-state index contributed by atoms with van der Waals surface area (Å²) in [5.74, 6) is -1.25. The van der Waals surface area contributed by atoms with Gasteiger partial charge in [0.2, 0.25) is 0 Å². The zero-order valence-electron chi connectivity index (χ0n) is 15.4. The minimum atomic E-state index is -2.97. The molecule has 0 bridgehead atoms. The van der Waals surface area contributed by atoms with Gasteiger partial charge in [0.05, 0.1) is 24.1 Å². The Balaban J connectivity index is 2.15. The van der Waals surface area contributed by atoms with Gasteiger partial charge in [0.25, 0.3) is 5.91 Å². The van der Waals surface area contributed by atoms with Gasteiger partial charge in [-0.3, -0.25) is 14.2 Å². The molecular formula is C20H16ClF2NO5. The van der Waals surface area contributed by atoms with E-state index in [2.05, 4.69) is 4.74 Å². The minimum absolute atomic E-state index is 0.0787. The molecule has 0 saturated heterocycles. The number of methoxy groups -OCH3 is 1. The molecule has 1 aromatic heterocycles. The highest BCUT2D eigenvalue weighted by molar-refractivity contribution is 6.33. The number of carboxylic acids is 1. The molecular weight excluding hydrogens is 408 g/mol. The maximum Gasteiger partial charge on any atom is 0.387 e. The van der Waals surface area contributed by atoms with Crippen LogP contribution >= 0.6 is 11.6 Å². The van der Waals surface area contributed by atoms with Gasteiger partial charge in [-0.1, -0.05) is 11.6 Å². The molecule has 0 saturated carbocycles. The minimum Gasteiger partial charge on any atom is -0.495 e. The molecule has 0 aliphatic carbocycles. The van der Waals surface area contributed by atoms with Crippen LogP contribution in [-0.4, -0.2) is 35.3 Å².